The maximum Gasteiger partial charge on any atom is 0.140 e. The summed E-state index contributed by atoms with van der Waals surface area (Å²) in [4.78, 5) is 9.43. The molecule has 0 amide bonds. The Morgan fingerprint density at radius 3 is 2.50 bits per heavy atom. The van der Waals surface area contributed by atoms with E-state index in [1.54, 1.807) is 0 Å². The standard InChI is InChI=1S/C24H30N4/c1-15(2)19-7-10-25-23-22(19)14-18(5)28(23)12-8-16(3)21-13-17(4)26-24-20(21)9-11-27(24)6/h7,9-11,13-16H,8,12H2,1-6H3. The number of aromatic nitrogens is 4. The van der Waals surface area contributed by atoms with Crippen molar-refractivity contribution < 1.29 is 0 Å². The Balaban J connectivity index is 1.65. The van der Waals surface area contributed by atoms with Gasteiger partial charge in [0.05, 0.1) is 0 Å². The van der Waals surface area contributed by atoms with E-state index in [0.717, 1.165) is 30.0 Å². The van der Waals surface area contributed by atoms with E-state index in [2.05, 4.69) is 81.3 Å². The van der Waals surface area contributed by atoms with Gasteiger partial charge < -0.3 is 9.13 Å². The summed E-state index contributed by atoms with van der Waals surface area (Å²) in [5.74, 6) is 0.961. The van der Waals surface area contributed by atoms with E-state index in [1.807, 2.05) is 6.20 Å². The number of rotatable bonds is 5. The first-order valence-electron chi connectivity index (χ1n) is 10.2. The predicted octanol–water partition coefficient (Wildman–Crippen LogP) is 5.86. The number of pyridine rings is 2. The zero-order valence-corrected chi connectivity index (χ0v) is 17.8. The normalized spacial score (nSPS) is 13.1. The number of hydrogen-bond acceptors (Lipinski definition) is 2. The molecule has 1 unspecified atom stereocenters. The van der Waals surface area contributed by atoms with Crippen LogP contribution in [-0.4, -0.2) is 19.1 Å². The van der Waals surface area contributed by atoms with Crippen molar-refractivity contribution in [3.63, 3.8) is 0 Å². The maximum absolute atomic E-state index is 4.72. The molecule has 4 aromatic rings. The summed E-state index contributed by atoms with van der Waals surface area (Å²) in [6.07, 6.45) is 5.14. The van der Waals surface area contributed by atoms with Crippen molar-refractivity contribution in [3.8, 4) is 0 Å². The van der Waals surface area contributed by atoms with Gasteiger partial charge in [-0.15, -0.1) is 0 Å². The first kappa shape index (κ1) is 18.7. The van der Waals surface area contributed by atoms with Crippen LogP contribution in [0.5, 0.6) is 0 Å². The average Bonchev–Trinajstić information content (AvgIpc) is 3.18. The fraction of sp³-hybridized carbons (Fsp3) is 0.417. The van der Waals surface area contributed by atoms with Gasteiger partial charge in [0.1, 0.15) is 11.3 Å². The van der Waals surface area contributed by atoms with E-state index in [0.29, 0.717) is 11.8 Å². The van der Waals surface area contributed by atoms with Crippen LogP contribution in [0.15, 0.2) is 36.7 Å². The highest BCUT2D eigenvalue weighted by Gasteiger charge is 2.16. The van der Waals surface area contributed by atoms with Crippen molar-refractivity contribution in [1.82, 2.24) is 19.1 Å². The highest BCUT2D eigenvalue weighted by molar-refractivity contribution is 5.82. The number of hydrogen-bond donors (Lipinski definition) is 0. The summed E-state index contributed by atoms with van der Waals surface area (Å²) in [6, 6.07) is 8.91. The first-order chi connectivity index (χ1) is 13.4. The molecule has 4 heterocycles. The van der Waals surface area contributed by atoms with E-state index in [-0.39, 0.29) is 0 Å². The zero-order chi connectivity index (χ0) is 20.0. The fourth-order valence-electron chi connectivity index (χ4n) is 4.35. The van der Waals surface area contributed by atoms with Crippen LogP contribution in [0.1, 0.15) is 61.5 Å². The topological polar surface area (TPSA) is 35.6 Å². The third-order valence-corrected chi connectivity index (χ3v) is 5.97. The van der Waals surface area contributed by atoms with Crippen molar-refractivity contribution in [3.05, 3.63) is 59.2 Å². The van der Waals surface area contributed by atoms with Gasteiger partial charge in [-0.1, -0.05) is 20.8 Å². The number of nitrogens with zero attached hydrogens (tertiary/aromatic N) is 4. The summed E-state index contributed by atoms with van der Waals surface area (Å²) in [5, 5.41) is 2.57. The Labute approximate surface area is 167 Å². The van der Waals surface area contributed by atoms with Gasteiger partial charge in [-0.2, -0.15) is 0 Å². The van der Waals surface area contributed by atoms with Crippen LogP contribution in [0.3, 0.4) is 0 Å². The van der Waals surface area contributed by atoms with Crippen molar-refractivity contribution in [2.75, 3.05) is 0 Å². The van der Waals surface area contributed by atoms with Crippen LogP contribution in [0, 0.1) is 13.8 Å². The third kappa shape index (κ3) is 3.11. The predicted molar refractivity (Wildman–Crippen MR) is 117 cm³/mol. The second-order valence-corrected chi connectivity index (χ2v) is 8.44. The molecule has 4 heteroatoms. The molecule has 0 N–H and O–H groups in total. The van der Waals surface area contributed by atoms with Gasteiger partial charge in [-0.25, -0.2) is 9.97 Å². The molecular weight excluding hydrogens is 344 g/mol. The zero-order valence-electron chi connectivity index (χ0n) is 17.8. The minimum atomic E-state index is 0.455. The minimum absolute atomic E-state index is 0.455. The number of aryl methyl sites for hydroxylation is 4. The van der Waals surface area contributed by atoms with Crippen molar-refractivity contribution in [2.45, 2.75) is 59.4 Å². The van der Waals surface area contributed by atoms with Gasteiger partial charge in [0, 0.05) is 48.1 Å². The summed E-state index contributed by atoms with van der Waals surface area (Å²) in [5.41, 5.74) is 7.35. The molecule has 0 aliphatic rings. The lowest BCUT2D eigenvalue weighted by Gasteiger charge is -2.16. The summed E-state index contributed by atoms with van der Waals surface area (Å²) >= 11 is 0. The monoisotopic (exact) mass is 374 g/mol. The lowest BCUT2D eigenvalue weighted by molar-refractivity contribution is 0.579. The van der Waals surface area contributed by atoms with Gasteiger partial charge in [0.25, 0.3) is 0 Å². The lowest BCUT2D eigenvalue weighted by atomic mass is 9.95. The summed E-state index contributed by atoms with van der Waals surface area (Å²) < 4.78 is 4.49. The van der Waals surface area contributed by atoms with E-state index in [1.165, 1.54) is 27.6 Å². The first-order valence-corrected chi connectivity index (χ1v) is 10.2. The molecule has 4 aromatic heterocycles. The highest BCUT2D eigenvalue weighted by Crippen LogP contribution is 2.31. The minimum Gasteiger partial charge on any atom is -0.336 e. The summed E-state index contributed by atoms with van der Waals surface area (Å²) in [7, 11) is 2.07. The van der Waals surface area contributed by atoms with E-state index < -0.39 is 0 Å². The van der Waals surface area contributed by atoms with Crippen LogP contribution in [0.25, 0.3) is 22.1 Å². The molecule has 0 saturated carbocycles. The molecule has 0 aromatic carbocycles. The fourth-order valence-corrected chi connectivity index (χ4v) is 4.35. The summed E-state index contributed by atoms with van der Waals surface area (Å²) in [6.45, 7) is 12.1. The van der Waals surface area contributed by atoms with E-state index in [9.17, 15) is 0 Å². The van der Waals surface area contributed by atoms with E-state index >= 15 is 0 Å². The van der Waals surface area contributed by atoms with Crippen LogP contribution < -0.4 is 0 Å². The van der Waals surface area contributed by atoms with Crippen molar-refractivity contribution >= 4 is 22.1 Å². The molecule has 4 rings (SSSR count). The molecule has 0 bridgehead atoms. The molecule has 4 nitrogen and oxygen atoms in total. The largest absolute Gasteiger partial charge is 0.336 e. The Kier molecular flexibility index (Phi) is 4.74. The van der Waals surface area contributed by atoms with Crippen LogP contribution in [0.4, 0.5) is 0 Å². The molecule has 0 spiro atoms. The van der Waals surface area contributed by atoms with Gasteiger partial charge in [-0.3, -0.25) is 0 Å². The molecule has 146 valence electrons. The van der Waals surface area contributed by atoms with Gasteiger partial charge in [0.2, 0.25) is 0 Å². The van der Waals surface area contributed by atoms with Crippen LogP contribution in [-0.2, 0) is 13.6 Å². The van der Waals surface area contributed by atoms with E-state index in [4.69, 9.17) is 9.97 Å². The second kappa shape index (κ2) is 7.08. The number of fused-ring (bicyclic) bond motifs is 2. The molecule has 28 heavy (non-hydrogen) atoms. The van der Waals surface area contributed by atoms with Crippen LogP contribution in [0.2, 0.25) is 0 Å². The van der Waals surface area contributed by atoms with Gasteiger partial charge in [0.15, 0.2) is 0 Å². The van der Waals surface area contributed by atoms with Gasteiger partial charge in [-0.05, 0) is 67.5 Å². The third-order valence-electron chi connectivity index (χ3n) is 5.97. The van der Waals surface area contributed by atoms with Crippen LogP contribution >= 0.6 is 0 Å². The Morgan fingerprint density at radius 2 is 1.75 bits per heavy atom. The smallest absolute Gasteiger partial charge is 0.140 e. The van der Waals surface area contributed by atoms with Crippen molar-refractivity contribution in [1.29, 1.82) is 0 Å². The Hall–Kier alpha value is -2.62. The molecule has 1 atom stereocenters. The molecule has 0 aliphatic heterocycles. The maximum atomic E-state index is 4.72. The average molecular weight is 375 g/mol. The molecular formula is C24H30N4. The Morgan fingerprint density at radius 1 is 0.964 bits per heavy atom. The molecule has 0 aliphatic carbocycles. The second-order valence-electron chi connectivity index (χ2n) is 8.44. The Bertz CT molecular complexity index is 1150. The molecule has 0 fully saturated rings. The molecule has 0 radical (unpaired) electrons. The molecule has 0 saturated heterocycles. The lowest BCUT2D eigenvalue weighted by Crippen LogP contribution is -2.06. The van der Waals surface area contributed by atoms with Crippen molar-refractivity contribution in [2.24, 2.45) is 7.05 Å². The van der Waals surface area contributed by atoms with Gasteiger partial charge >= 0.3 is 0 Å². The quantitative estimate of drug-likeness (QED) is 0.439. The SMILES string of the molecule is Cc1cc(C(C)CCn2c(C)cc3c(C(C)C)ccnc32)c2ccn(C)c2n1. The highest BCUT2D eigenvalue weighted by atomic mass is 15.0.